The minimum absolute atomic E-state index is 0.383. The monoisotopic (exact) mass is 272 g/mol. The number of azide groups is 1. The molecule has 8 heteroatoms. The highest BCUT2D eigenvalue weighted by Crippen LogP contribution is 2.24. The molecule has 0 bridgehead atoms. The summed E-state index contributed by atoms with van der Waals surface area (Å²) in [5.41, 5.74) is 8.14. The van der Waals surface area contributed by atoms with E-state index in [4.69, 9.17) is 10.3 Å². The van der Waals surface area contributed by atoms with Crippen LogP contribution in [0.5, 0.6) is 0 Å². The second-order valence-electron chi connectivity index (χ2n) is 4.43. The molecule has 8 nitrogen and oxygen atoms in total. The first kappa shape index (κ1) is 15.9. The molecule has 1 rings (SSSR count). The Morgan fingerprint density at radius 3 is 2.89 bits per heavy atom. The summed E-state index contributed by atoms with van der Waals surface area (Å²) in [5, 5.41) is 22.9. The highest BCUT2D eigenvalue weighted by Gasteiger charge is 2.43. The third kappa shape index (κ3) is 4.15. The molecular formula is C11H20N4O4. The van der Waals surface area contributed by atoms with E-state index >= 15 is 0 Å². The van der Waals surface area contributed by atoms with Gasteiger partial charge in [-0.05, 0) is 24.8 Å². The molecule has 1 unspecified atom stereocenters. The Labute approximate surface area is 111 Å². The first-order chi connectivity index (χ1) is 9.15. The number of aldehydes is 1. The van der Waals surface area contributed by atoms with E-state index < -0.39 is 24.7 Å². The van der Waals surface area contributed by atoms with Crippen LogP contribution >= 0.6 is 0 Å². The molecule has 0 aromatic carbocycles. The molecule has 1 aliphatic heterocycles. The summed E-state index contributed by atoms with van der Waals surface area (Å²) in [6, 6.07) is -0.649. The summed E-state index contributed by atoms with van der Waals surface area (Å²) in [5.74, 6) is 0. The van der Waals surface area contributed by atoms with Gasteiger partial charge in [0.05, 0.1) is 12.1 Å². The van der Waals surface area contributed by atoms with Crippen LogP contribution < -0.4 is 0 Å². The Morgan fingerprint density at radius 1 is 1.58 bits per heavy atom. The van der Waals surface area contributed by atoms with E-state index in [0.29, 0.717) is 38.6 Å². The smallest absolute Gasteiger partial charge is 0.217 e. The number of hydrogen-bond acceptors (Lipinski definition) is 6. The molecule has 19 heavy (non-hydrogen) atoms. The maximum absolute atomic E-state index is 11.1. The lowest BCUT2D eigenvalue weighted by molar-refractivity contribution is -0.164. The molecule has 0 saturated carbocycles. The summed E-state index contributed by atoms with van der Waals surface area (Å²) in [6.45, 7) is 2.61. The second-order valence-corrected chi connectivity index (χ2v) is 4.43. The predicted molar refractivity (Wildman–Crippen MR) is 67.0 cm³/mol. The van der Waals surface area contributed by atoms with E-state index in [1.165, 1.54) is 4.90 Å². The van der Waals surface area contributed by atoms with E-state index in [0.717, 1.165) is 0 Å². The minimum Gasteiger partial charge on any atom is -0.390 e. The van der Waals surface area contributed by atoms with Crippen molar-refractivity contribution in [1.29, 1.82) is 0 Å². The highest BCUT2D eigenvalue weighted by atomic mass is 16.6. The molecule has 1 heterocycles. The van der Waals surface area contributed by atoms with Crippen LogP contribution in [0.3, 0.4) is 0 Å². The summed E-state index contributed by atoms with van der Waals surface area (Å²) in [4.78, 5) is 15.3. The molecule has 0 aliphatic carbocycles. The maximum Gasteiger partial charge on any atom is 0.217 e. The third-order valence-electron chi connectivity index (χ3n) is 3.21. The van der Waals surface area contributed by atoms with Crippen LogP contribution in [0, 0.1) is 0 Å². The van der Waals surface area contributed by atoms with E-state index in [-0.39, 0.29) is 0 Å². The Kier molecular flexibility index (Phi) is 6.75. The Bertz CT molecular complexity index is 335. The van der Waals surface area contributed by atoms with E-state index in [9.17, 15) is 15.0 Å². The van der Waals surface area contributed by atoms with Gasteiger partial charge >= 0.3 is 0 Å². The van der Waals surface area contributed by atoms with Crippen molar-refractivity contribution >= 4 is 6.29 Å². The van der Waals surface area contributed by atoms with Crippen molar-refractivity contribution in [3.63, 3.8) is 0 Å². The van der Waals surface area contributed by atoms with Crippen LogP contribution in [-0.4, -0.2) is 59.2 Å². The number of ether oxygens (including phenoxy) is 1. The summed E-state index contributed by atoms with van der Waals surface area (Å²) >= 11 is 0. The van der Waals surface area contributed by atoms with Crippen LogP contribution in [0.1, 0.15) is 26.2 Å². The topological polar surface area (TPSA) is 119 Å². The van der Waals surface area contributed by atoms with Gasteiger partial charge in [0.2, 0.25) is 6.41 Å². The largest absolute Gasteiger partial charge is 0.390 e. The van der Waals surface area contributed by atoms with Crippen LogP contribution in [0.4, 0.5) is 0 Å². The number of aliphatic hydroxyl groups excluding tert-OH is 2. The van der Waals surface area contributed by atoms with Crippen LogP contribution in [0.15, 0.2) is 5.11 Å². The van der Waals surface area contributed by atoms with Crippen molar-refractivity contribution in [2.75, 3.05) is 13.1 Å². The lowest BCUT2D eigenvalue weighted by Gasteiger charge is -2.23. The van der Waals surface area contributed by atoms with Crippen molar-refractivity contribution in [1.82, 2.24) is 4.90 Å². The van der Waals surface area contributed by atoms with Crippen molar-refractivity contribution in [2.45, 2.75) is 50.8 Å². The van der Waals surface area contributed by atoms with Gasteiger partial charge in [-0.1, -0.05) is 12.0 Å². The number of hydrogen-bond donors (Lipinski definition) is 2. The van der Waals surface area contributed by atoms with Gasteiger partial charge in [-0.3, -0.25) is 0 Å². The van der Waals surface area contributed by atoms with Crippen LogP contribution in [0.2, 0.25) is 0 Å². The molecule has 4 atom stereocenters. The first-order valence-corrected chi connectivity index (χ1v) is 6.39. The summed E-state index contributed by atoms with van der Waals surface area (Å²) in [6.07, 6.45) is -0.188. The molecule has 0 aromatic heterocycles. The number of aliphatic hydroxyl groups is 2. The quantitative estimate of drug-likeness (QED) is 0.218. The zero-order valence-electron chi connectivity index (χ0n) is 10.9. The number of rotatable bonds is 8. The SMILES string of the molecule is CC[C@@H](O)[C@H]1OC(O)N(CCCCN=[N+]=[N-])[C@@H]1C=O. The zero-order valence-corrected chi connectivity index (χ0v) is 10.9. The van der Waals surface area contributed by atoms with Gasteiger partial charge in [0.15, 0.2) is 0 Å². The standard InChI is InChI=1S/C11H20N4O4/c1-2-9(17)10-8(7-16)15(11(18)19-10)6-4-3-5-13-14-12/h7-11,17-18H,2-6H2,1H3/t8-,9-,10+,11?/m1/s1. The van der Waals surface area contributed by atoms with E-state index in [2.05, 4.69) is 10.0 Å². The number of carbonyl (C=O) groups is 1. The van der Waals surface area contributed by atoms with E-state index in [1.54, 1.807) is 6.92 Å². The van der Waals surface area contributed by atoms with Crippen LogP contribution in [-0.2, 0) is 9.53 Å². The van der Waals surface area contributed by atoms with Crippen molar-refractivity contribution in [3.8, 4) is 0 Å². The molecular weight excluding hydrogens is 252 g/mol. The predicted octanol–water partition coefficient (Wildman–Crippen LogP) is 0.392. The van der Waals surface area contributed by atoms with Gasteiger partial charge in [-0.15, -0.1) is 0 Å². The van der Waals surface area contributed by atoms with Crippen molar-refractivity contribution in [2.24, 2.45) is 5.11 Å². The fourth-order valence-electron chi connectivity index (χ4n) is 2.12. The summed E-state index contributed by atoms with van der Waals surface area (Å²) < 4.78 is 5.23. The van der Waals surface area contributed by atoms with Gasteiger partial charge in [-0.25, -0.2) is 4.90 Å². The average Bonchev–Trinajstić information content (AvgIpc) is 2.74. The number of nitrogens with zero attached hydrogens (tertiary/aromatic N) is 4. The molecule has 0 amide bonds. The Hall–Kier alpha value is -1.18. The third-order valence-corrected chi connectivity index (χ3v) is 3.21. The minimum atomic E-state index is -1.18. The van der Waals surface area contributed by atoms with Gasteiger partial charge < -0.3 is 19.7 Å². The fraction of sp³-hybridized carbons (Fsp3) is 0.909. The maximum atomic E-state index is 11.1. The van der Waals surface area contributed by atoms with E-state index in [1.807, 2.05) is 0 Å². The fourth-order valence-corrected chi connectivity index (χ4v) is 2.12. The summed E-state index contributed by atoms with van der Waals surface area (Å²) in [7, 11) is 0. The Morgan fingerprint density at radius 2 is 2.32 bits per heavy atom. The van der Waals surface area contributed by atoms with Gasteiger partial charge in [0, 0.05) is 18.0 Å². The zero-order chi connectivity index (χ0) is 14.3. The van der Waals surface area contributed by atoms with Gasteiger partial charge in [-0.2, -0.15) is 0 Å². The molecule has 0 aromatic rings. The first-order valence-electron chi connectivity index (χ1n) is 6.39. The van der Waals surface area contributed by atoms with Crippen molar-refractivity contribution < 1.29 is 19.7 Å². The lowest BCUT2D eigenvalue weighted by Crippen LogP contribution is -2.43. The van der Waals surface area contributed by atoms with Crippen LogP contribution in [0.25, 0.3) is 10.4 Å². The Balaban J connectivity index is 2.51. The molecule has 1 aliphatic rings. The normalized spacial score (nSPS) is 28.9. The number of carbonyl (C=O) groups excluding carboxylic acids is 1. The molecule has 1 fully saturated rings. The van der Waals surface area contributed by atoms with Gasteiger partial charge in [0.25, 0.3) is 0 Å². The molecule has 2 N–H and O–H groups in total. The lowest BCUT2D eigenvalue weighted by atomic mass is 10.0. The molecule has 0 spiro atoms. The van der Waals surface area contributed by atoms with Crippen molar-refractivity contribution in [3.05, 3.63) is 10.4 Å². The molecule has 0 radical (unpaired) electrons. The van der Waals surface area contributed by atoms with Gasteiger partial charge in [0.1, 0.15) is 12.4 Å². The second kappa shape index (κ2) is 8.08. The highest BCUT2D eigenvalue weighted by molar-refractivity contribution is 5.59. The number of unbranched alkanes of at least 4 members (excludes halogenated alkanes) is 1. The molecule has 1 saturated heterocycles. The molecule has 108 valence electrons. The average molecular weight is 272 g/mol.